The van der Waals surface area contributed by atoms with Crippen LogP contribution >= 0.6 is 11.8 Å². The maximum absolute atomic E-state index is 4.66. The molecule has 0 aromatic heterocycles. The maximum atomic E-state index is 4.66. The van der Waals surface area contributed by atoms with Gasteiger partial charge in [-0.3, -0.25) is 4.99 Å². The predicted octanol–water partition coefficient (Wildman–Crippen LogP) is 3.01. The van der Waals surface area contributed by atoms with Gasteiger partial charge in [-0.25, -0.2) is 0 Å². The van der Waals surface area contributed by atoms with Gasteiger partial charge in [-0.2, -0.15) is 0 Å². The second-order valence-corrected chi connectivity index (χ2v) is 6.87. The molecule has 2 nitrogen and oxygen atoms in total. The molecule has 1 aromatic rings. The van der Waals surface area contributed by atoms with E-state index >= 15 is 0 Å². The number of hydrogen-bond acceptors (Lipinski definition) is 3. The molecule has 18 heavy (non-hydrogen) atoms. The van der Waals surface area contributed by atoms with Gasteiger partial charge in [0.1, 0.15) is 0 Å². The molecule has 2 fully saturated rings. The summed E-state index contributed by atoms with van der Waals surface area (Å²) in [6.07, 6.45) is 4.12. The number of nitrogens with zero attached hydrogens (tertiary/aromatic N) is 1. The predicted molar refractivity (Wildman–Crippen MR) is 77.1 cm³/mol. The number of thioether (sulfide) groups is 1. The first-order valence-corrected chi connectivity index (χ1v) is 7.81. The van der Waals surface area contributed by atoms with E-state index in [1.54, 1.807) is 0 Å². The number of amidine groups is 1. The summed E-state index contributed by atoms with van der Waals surface area (Å²) in [4.78, 5) is 4.66. The molecule has 0 saturated heterocycles. The molecule has 1 aromatic carbocycles. The summed E-state index contributed by atoms with van der Waals surface area (Å²) in [6.45, 7) is 1.04. The highest BCUT2D eigenvalue weighted by molar-refractivity contribution is 8.14. The zero-order valence-corrected chi connectivity index (χ0v) is 11.2. The van der Waals surface area contributed by atoms with E-state index in [-0.39, 0.29) is 0 Å². The molecule has 0 spiro atoms. The van der Waals surface area contributed by atoms with Crippen LogP contribution in [-0.2, 0) is 0 Å². The number of hydrogen-bond donors (Lipinski definition) is 1. The summed E-state index contributed by atoms with van der Waals surface area (Å²) in [5.74, 6) is 1.66. The van der Waals surface area contributed by atoms with E-state index in [1.807, 2.05) is 11.8 Å². The Bertz CT molecular complexity index is 467. The fraction of sp³-hybridized carbons (Fsp3) is 0.533. The largest absolute Gasteiger partial charge is 0.362 e. The van der Waals surface area contributed by atoms with E-state index in [9.17, 15) is 0 Å². The van der Waals surface area contributed by atoms with Crippen molar-refractivity contribution in [1.82, 2.24) is 5.32 Å². The second-order valence-electron chi connectivity index (χ2n) is 5.64. The molecule has 2 aliphatic carbocycles. The van der Waals surface area contributed by atoms with E-state index in [0.717, 1.165) is 17.7 Å². The molecule has 2 saturated carbocycles. The fourth-order valence-corrected chi connectivity index (χ4v) is 4.03. The van der Waals surface area contributed by atoms with Gasteiger partial charge in [-0.1, -0.05) is 42.1 Å². The van der Waals surface area contributed by atoms with Crippen molar-refractivity contribution in [2.24, 2.45) is 10.9 Å². The van der Waals surface area contributed by atoms with Crippen LogP contribution in [0.25, 0.3) is 0 Å². The molecule has 0 radical (unpaired) electrons. The van der Waals surface area contributed by atoms with Crippen LogP contribution in [-0.4, -0.2) is 23.0 Å². The number of nitrogens with one attached hydrogen (secondary N) is 1. The monoisotopic (exact) mass is 258 g/mol. The molecule has 3 unspecified atom stereocenters. The Morgan fingerprint density at radius 3 is 2.78 bits per heavy atom. The molecule has 1 heterocycles. The van der Waals surface area contributed by atoms with Crippen molar-refractivity contribution >= 4 is 16.9 Å². The Hall–Kier alpha value is -0.960. The molecule has 3 aliphatic rings. The SMILES string of the molecule is c1ccc(C2CC2NC2=NCC(C3CC3)S2)cc1. The first-order chi connectivity index (χ1) is 8.90. The fourth-order valence-electron chi connectivity index (χ4n) is 2.77. The lowest BCUT2D eigenvalue weighted by Crippen LogP contribution is -2.23. The van der Waals surface area contributed by atoms with Gasteiger partial charge in [0.25, 0.3) is 0 Å². The summed E-state index contributed by atoms with van der Waals surface area (Å²) in [5, 5.41) is 5.61. The highest BCUT2D eigenvalue weighted by atomic mass is 32.2. The smallest absolute Gasteiger partial charge is 0.157 e. The topological polar surface area (TPSA) is 24.4 Å². The van der Waals surface area contributed by atoms with Crippen LogP contribution < -0.4 is 5.32 Å². The van der Waals surface area contributed by atoms with Gasteiger partial charge in [-0.05, 0) is 30.7 Å². The standard InChI is InChI=1S/C15H18N2S/c1-2-4-10(5-3-1)12-8-13(12)17-15-16-9-14(18-15)11-6-7-11/h1-5,11-14H,6-9H2,(H,16,17). The van der Waals surface area contributed by atoms with E-state index < -0.39 is 0 Å². The van der Waals surface area contributed by atoms with Crippen LogP contribution in [0.1, 0.15) is 30.7 Å². The van der Waals surface area contributed by atoms with Crippen molar-refractivity contribution in [3.8, 4) is 0 Å². The zero-order valence-electron chi connectivity index (χ0n) is 10.4. The molecule has 0 bridgehead atoms. The quantitative estimate of drug-likeness (QED) is 0.901. The molecule has 3 heteroatoms. The van der Waals surface area contributed by atoms with Crippen molar-refractivity contribution in [2.75, 3.05) is 6.54 Å². The Morgan fingerprint density at radius 1 is 1.17 bits per heavy atom. The van der Waals surface area contributed by atoms with Crippen LogP contribution in [0.4, 0.5) is 0 Å². The average molecular weight is 258 g/mol. The number of benzene rings is 1. The second kappa shape index (κ2) is 4.30. The molecular weight excluding hydrogens is 240 g/mol. The summed E-state index contributed by atoms with van der Waals surface area (Å²) < 4.78 is 0. The summed E-state index contributed by atoms with van der Waals surface area (Å²) in [6, 6.07) is 11.5. The molecule has 1 aliphatic heterocycles. The van der Waals surface area contributed by atoms with Crippen molar-refractivity contribution in [1.29, 1.82) is 0 Å². The van der Waals surface area contributed by atoms with Crippen LogP contribution in [0.3, 0.4) is 0 Å². The first kappa shape index (κ1) is 10.9. The van der Waals surface area contributed by atoms with Crippen LogP contribution in [0.5, 0.6) is 0 Å². The third kappa shape index (κ3) is 2.16. The van der Waals surface area contributed by atoms with Gasteiger partial charge in [0.05, 0.1) is 6.54 Å². The van der Waals surface area contributed by atoms with Gasteiger partial charge in [-0.15, -0.1) is 0 Å². The zero-order chi connectivity index (χ0) is 11.9. The van der Waals surface area contributed by atoms with Crippen molar-refractivity contribution in [2.45, 2.75) is 36.5 Å². The molecular formula is C15H18N2S. The molecule has 4 rings (SSSR count). The molecule has 1 N–H and O–H groups in total. The lowest BCUT2D eigenvalue weighted by Gasteiger charge is -2.07. The molecule has 0 amide bonds. The highest BCUT2D eigenvalue weighted by Gasteiger charge is 2.41. The number of aliphatic imine (C=N–C) groups is 1. The molecule has 94 valence electrons. The lowest BCUT2D eigenvalue weighted by molar-refractivity contribution is 0.771. The summed E-state index contributed by atoms with van der Waals surface area (Å²) >= 11 is 1.99. The van der Waals surface area contributed by atoms with Crippen LogP contribution in [0.15, 0.2) is 35.3 Å². The van der Waals surface area contributed by atoms with Gasteiger partial charge in [0.2, 0.25) is 0 Å². The van der Waals surface area contributed by atoms with Gasteiger partial charge in [0.15, 0.2) is 5.17 Å². The normalized spacial score (nSPS) is 34.2. The Kier molecular flexibility index (Phi) is 2.61. The van der Waals surface area contributed by atoms with E-state index in [2.05, 4.69) is 40.6 Å². The number of rotatable bonds is 3. The lowest BCUT2D eigenvalue weighted by atomic mass is 10.1. The maximum Gasteiger partial charge on any atom is 0.157 e. The summed E-state index contributed by atoms with van der Waals surface area (Å²) in [5.41, 5.74) is 1.47. The Labute approximate surface area is 112 Å². The third-order valence-corrected chi connectivity index (χ3v) is 5.46. The minimum atomic E-state index is 0.622. The Morgan fingerprint density at radius 2 is 2.00 bits per heavy atom. The third-order valence-electron chi connectivity index (χ3n) is 4.15. The summed E-state index contributed by atoms with van der Waals surface area (Å²) in [7, 11) is 0. The van der Waals surface area contributed by atoms with E-state index in [1.165, 1.54) is 30.0 Å². The average Bonchev–Trinajstić information content (AvgIpc) is 3.31. The Balaban J connectivity index is 1.32. The van der Waals surface area contributed by atoms with Gasteiger partial charge < -0.3 is 5.32 Å². The van der Waals surface area contributed by atoms with Crippen molar-refractivity contribution < 1.29 is 0 Å². The molecule has 3 atom stereocenters. The van der Waals surface area contributed by atoms with Crippen molar-refractivity contribution in [3.05, 3.63) is 35.9 Å². The minimum Gasteiger partial charge on any atom is -0.362 e. The first-order valence-electron chi connectivity index (χ1n) is 6.93. The van der Waals surface area contributed by atoms with E-state index in [0.29, 0.717) is 12.0 Å². The van der Waals surface area contributed by atoms with Gasteiger partial charge >= 0.3 is 0 Å². The van der Waals surface area contributed by atoms with Gasteiger partial charge in [0, 0.05) is 17.2 Å². The minimum absolute atomic E-state index is 0.622. The highest BCUT2D eigenvalue weighted by Crippen LogP contribution is 2.44. The van der Waals surface area contributed by atoms with E-state index in [4.69, 9.17) is 0 Å². The van der Waals surface area contributed by atoms with Crippen molar-refractivity contribution in [3.63, 3.8) is 0 Å². The van der Waals surface area contributed by atoms with Crippen LogP contribution in [0.2, 0.25) is 0 Å². The van der Waals surface area contributed by atoms with Crippen LogP contribution in [0, 0.1) is 5.92 Å².